The van der Waals surface area contributed by atoms with Gasteiger partial charge in [-0.15, -0.1) is 0 Å². The van der Waals surface area contributed by atoms with Crippen LogP contribution < -0.4 is 5.32 Å². The van der Waals surface area contributed by atoms with Gasteiger partial charge in [0.25, 0.3) is 0 Å². The number of hydrogen-bond acceptors (Lipinski definition) is 4. The number of phosphoric ester groups is 1. The Morgan fingerprint density at radius 1 is 0.475 bits per heavy atom. The molecule has 0 rings (SSSR count). The SMILES string of the molecule is CCCCCCCCCC/C=C/[C@@H](O)[C@H](COP(=O)(O)O)NC(=O)CCCCCCCCCCCCCCCCCCCCCCCCCCCCCCCCCCC. The van der Waals surface area contributed by atoms with Crippen molar-refractivity contribution in [2.75, 3.05) is 6.61 Å². The van der Waals surface area contributed by atoms with Crippen LogP contribution in [0.5, 0.6) is 0 Å². The first-order valence-corrected chi connectivity index (χ1v) is 27.7. The first-order valence-electron chi connectivity index (χ1n) is 26.1. The highest BCUT2D eigenvalue weighted by atomic mass is 31.2. The summed E-state index contributed by atoms with van der Waals surface area (Å²) in [5, 5.41) is 13.4. The molecule has 0 bridgehead atoms. The van der Waals surface area contributed by atoms with E-state index in [9.17, 15) is 14.5 Å². The molecule has 0 aromatic carbocycles. The molecule has 0 unspecified atom stereocenters. The van der Waals surface area contributed by atoms with Crippen LogP contribution in [0.25, 0.3) is 0 Å². The molecule has 7 nitrogen and oxygen atoms in total. The zero-order valence-electron chi connectivity index (χ0n) is 39.4. The number of phosphoric acid groups is 1. The largest absolute Gasteiger partial charge is 0.469 e. The van der Waals surface area contributed by atoms with E-state index in [-0.39, 0.29) is 5.91 Å². The Hall–Kier alpha value is -0.720. The zero-order valence-corrected chi connectivity index (χ0v) is 40.3. The second-order valence-electron chi connectivity index (χ2n) is 18.2. The van der Waals surface area contributed by atoms with Crippen molar-refractivity contribution in [1.82, 2.24) is 5.32 Å². The van der Waals surface area contributed by atoms with Crippen molar-refractivity contribution in [2.45, 2.75) is 302 Å². The molecule has 352 valence electrons. The standard InChI is InChI=1S/C51H102NO6P/c1-3-5-7-9-11-13-15-16-17-18-19-20-21-22-23-24-25-26-27-28-29-30-31-32-33-34-35-36-37-39-41-43-45-47-51(54)52-49(48-58-59(55,56)57)50(53)46-44-42-40-38-14-12-10-8-6-4-2/h44,46,49-50,53H,3-43,45,47-48H2,1-2H3,(H,52,54)(H2,55,56,57)/b46-44+/t49-,50+/m0/s1. The van der Waals surface area contributed by atoms with Crippen LogP contribution >= 0.6 is 7.82 Å². The Labute approximate surface area is 367 Å². The molecular weight excluding hydrogens is 754 g/mol. The summed E-state index contributed by atoms with van der Waals surface area (Å²) < 4.78 is 15.9. The maximum absolute atomic E-state index is 12.6. The highest BCUT2D eigenvalue weighted by molar-refractivity contribution is 7.46. The molecule has 0 fully saturated rings. The van der Waals surface area contributed by atoms with Crippen LogP contribution in [0.2, 0.25) is 0 Å². The third-order valence-electron chi connectivity index (χ3n) is 12.2. The van der Waals surface area contributed by atoms with Crippen LogP contribution in [0.3, 0.4) is 0 Å². The minimum atomic E-state index is -4.71. The number of hydrogen-bond donors (Lipinski definition) is 4. The summed E-state index contributed by atoms with van der Waals surface area (Å²) in [7, 11) is -4.71. The molecule has 4 N–H and O–H groups in total. The lowest BCUT2D eigenvalue weighted by Crippen LogP contribution is -2.45. The van der Waals surface area contributed by atoms with E-state index in [1.165, 1.54) is 231 Å². The average Bonchev–Trinajstić information content (AvgIpc) is 3.21. The van der Waals surface area contributed by atoms with Gasteiger partial charge < -0.3 is 20.2 Å². The molecule has 0 aliphatic heterocycles. The Morgan fingerprint density at radius 3 is 1.03 bits per heavy atom. The van der Waals surface area contributed by atoms with Gasteiger partial charge in [0.15, 0.2) is 0 Å². The molecule has 1 amide bonds. The third kappa shape index (κ3) is 48.2. The molecule has 0 heterocycles. The minimum Gasteiger partial charge on any atom is -0.387 e. The molecule has 8 heteroatoms. The van der Waals surface area contributed by atoms with E-state index in [0.717, 1.165) is 38.5 Å². The van der Waals surface area contributed by atoms with Gasteiger partial charge in [0.2, 0.25) is 5.91 Å². The summed E-state index contributed by atoms with van der Waals surface area (Å²) in [5.41, 5.74) is 0. The zero-order chi connectivity index (χ0) is 43.2. The van der Waals surface area contributed by atoms with Crippen LogP contribution in [0.4, 0.5) is 0 Å². The first kappa shape index (κ1) is 58.3. The summed E-state index contributed by atoms with van der Waals surface area (Å²) in [5.74, 6) is -0.222. The Morgan fingerprint density at radius 2 is 0.746 bits per heavy atom. The molecule has 0 radical (unpaired) electrons. The van der Waals surface area contributed by atoms with Gasteiger partial charge in [-0.3, -0.25) is 9.32 Å². The first-order chi connectivity index (χ1) is 28.8. The highest BCUT2D eigenvalue weighted by Crippen LogP contribution is 2.36. The number of nitrogens with one attached hydrogen (secondary N) is 1. The van der Waals surface area contributed by atoms with E-state index in [2.05, 4.69) is 23.7 Å². The molecule has 0 aromatic rings. The lowest BCUT2D eigenvalue weighted by Gasteiger charge is -2.22. The van der Waals surface area contributed by atoms with E-state index in [4.69, 9.17) is 9.79 Å². The Kier molecular flexibility index (Phi) is 46.2. The smallest absolute Gasteiger partial charge is 0.387 e. The number of rotatable bonds is 49. The van der Waals surface area contributed by atoms with Crippen molar-refractivity contribution < 1.29 is 28.8 Å². The number of unbranched alkanes of at least 4 members (excludes halogenated alkanes) is 40. The molecule has 0 spiro atoms. The minimum absolute atomic E-state index is 0.222. The van der Waals surface area contributed by atoms with Gasteiger partial charge in [0.05, 0.1) is 18.8 Å². The fourth-order valence-corrected chi connectivity index (χ4v) is 8.64. The molecule has 0 aliphatic rings. The second-order valence-corrected chi connectivity index (χ2v) is 19.4. The topological polar surface area (TPSA) is 116 Å². The summed E-state index contributed by atoms with van der Waals surface area (Å²) >= 11 is 0. The lowest BCUT2D eigenvalue weighted by atomic mass is 10.0. The van der Waals surface area contributed by atoms with Crippen LogP contribution in [-0.4, -0.2) is 39.6 Å². The fraction of sp³-hybridized carbons (Fsp3) is 0.941. The van der Waals surface area contributed by atoms with E-state index in [0.29, 0.717) is 6.42 Å². The predicted molar refractivity (Wildman–Crippen MR) is 255 cm³/mol. The van der Waals surface area contributed by atoms with Gasteiger partial charge in [0.1, 0.15) is 0 Å². The van der Waals surface area contributed by atoms with Gasteiger partial charge in [-0.2, -0.15) is 0 Å². The number of amides is 1. The maximum atomic E-state index is 12.6. The van der Waals surface area contributed by atoms with Crippen molar-refractivity contribution in [3.05, 3.63) is 12.2 Å². The predicted octanol–water partition coefficient (Wildman–Crippen LogP) is 16.3. The molecule has 59 heavy (non-hydrogen) atoms. The van der Waals surface area contributed by atoms with Crippen molar-refractivity contribution in [2.24, 2.45) is 0 Å². The number of carbonyl (C=O) groups excluding carboxylic acids is 1. The lowest BCUT2D eigenvalue weighted by molar-refractivity contribution is -0.123. The van der Waals surface area contributed by atoms with Gasteiger partial charge in [0, 0.05) is 6.42 Å². The van der Waals surface area contributed by atoms with Crippen LogP contribution in [-0.2, 0) is 13.9 Å². The van der Waals surface area contributed by atoms with Gasteiger partial charge >= 0.3 is 7.82 Å². The van der Waals surface area contributed by atoms with Crippen LogP contribution in [0.1, 0.15) is 290 Å². The normalized spacial score (nSPS) is 13.1. The summed E-state index contributed by atoms with van der Waals surface area (Å²) in [6, 6.07) is -0.904. The van der Waals surface area contributed by atoms with Crippen molar-refractivity contribution in [3.8, 4) is 0 Å². The van der Waals surface area contributed by atoms with E-state index >= 15 is 0 Å². The van der Waals surface area contributed by atoms with Crippen molar-refractivity contribution in [1.29, 1.82) is 0 Å². The van der Waals surface area contributed by atoms with Gasteiger partial charge in [-0.1, -0.05) is 276 Å². The van der Waals surface area contributed by atoms with E-state index < -0.39 is 26.6 Å². The van der Waals surface area contributed by atoms with E-state index in [1.54, 1.807) is 6.08 Å². The maximum Gasteiger partial charge on any atom is 0.469 e. The average molecular weight is 856 g/mol. The van der Waals surface area contributed by atoms with Crippen molar-refractivity contribution in [3.63, 3.8) is 0 Å². The molecule has 0 aromatic heterocycles. The Balaban J connectivity index is 3.59. The number of allylic oxidation sites excluding steroid dienone is 1. The van der Waals surface area contributed by atoms with Crippen LogP contribution in [0, 0.1) is 0 Å². The monoisotopic (exact) mass is 856 g/mol. The fourth-order valence-electron chi connectivity index (χ4n) is 8.29. The van der Waals surface area contributed by atoms with Crippen molar-refractivity contribution >= 4 is 13.7 Å². The summed E-state index contributed by atoms with van der Waals surface area (Å²) in [6.45, 7) is 4.08. The molecular formula is C51H102NO6P. The molecule has 0 saturated carbocycles. The molecule has 0 aliphatic carbocycles. The second kappa shape index (κ2) is 46.8. The number of carbonyl (C=O) groups is 1. The third-order valence-corrected chi connectivity index (χ3v) is 12.7. The molecule has 0 saturated heterocycles. The summed E-state index contributed by atoms with van der Waals surface area (Å²) in [4.78, 5) is 30.9. The van der Waals surface area contributed by atoms with Crippen LogP contribution in [0.15, 0.2) is 12.2 Å². The quantitative estimate of drug-likeness (QED) is 0.0275. The van der Waals surface area contributed by atoms with E-state index in [1.807, 2.05) is 6.08 Å². The highest BCUT2D eigenvalue weighted by Gasteiger charge is 2.24. The number of aliphatic hydroxyl groups excluding tert-OH is 1. The summed E-state index contributed by atoms with van der Waals surface area (Å²) in [6.07, 6.45) is 58.7. The van der Waals surface area contributed by atoms with Gasteiger partial charge in [-0.25, -0.2) is 4.57 Å². The molecule has 2 atom stereocenters. The van der Waals surface area contributed by atoms with Gasteiger partial charge in [-0.05, 0) is 19.3 Å². The number of aliphatic hydroxyl groups is 1. The Bertz CT molecular complexity index is 926.